The minimum Gasteiger partial charge on any atom is -0.344 e. The lowest BCUT2D eigenvalue weighted by atomic mass is 10.1. The van der Waals surface area contributed by atoms with Gasteiger partial charge in [-0.3, -0.25) is 4.79 Å². The first kappa shape index (κ1) is 13.7. The molecule has 0 fully saturated rings. The predicted molar refractivity (Wildman–Crippen MR) is 84.1 cm³/mol. The first-order valence-electron chi connectivity index (χ1n) is 6.44. The Morgan fingerprint density at radius 3 is 2.65 bits per heavy atom. The topological polar surface area (TPSA) is 29.1 Å². The summed E-state index contributed by atoms with van der Waals surface area (Å²) in [6.45, 7) is 0. The Morgan fingerprint density at radius 1 is 1.15 bits per heavy atom. The second kappa shape index (κ2) is 5.58. The fourth-order valence-corrected chi connectivity index (χ4v) is 3.41. The van der Waals surface area contributed by atoms with Crippen molar-refractivity contribution in [1.82, 2.24) is 5.32 Å². The summed E-state index contributed by atoms with van der Waals surface area (Å²) in [5.41, 5.74) is 2.96. The van der Waals surface area contributed by atoms with Crippen LogP contribution in [0.25, 0.3) is 0 Å². The number of fused-ring (bicyclic) bond motifs is 1. The molecule has 0 bridgehead atoms. The molecular weight excluding hydrogens is 338 g/mol. The summed E-state index contributed by atoms with van der Waals surface area (Å²) in [5.74, 6) is -0.107. The van der Waals surface area contributed by atoms with Gasteiger partial charge in [-0.25, -0.2) is 0 Å². The first-order chi connectivity index (χ1) is 9.66. The molecule has 1 amide bonds. The summed E-state index contributed by atoms with van der Waals surface area (Å²) in [6, 6.07) is 15.3. The zero-order valence-electron chi connectivity index (χ0n) is 10.6. The van der Waals surface area contributed by atoms with Crippen LogP contribution < -0.4 is 5.32 Å². The van der Waals surface area contributed by atoms with Crippen molar-refractivity contribution < 1.29 is 4.79 Å². The van der Waals surface area contributed by atoms with Crippen LogP contribution in [-0.4, -0.2) is 11.3 Å². The van der Waals surface area contributed by atoms with Crippen LogP contribution in [0.4, 0.5) is 0 Å². The smallest absolute Gasteiger partial charge is 0.252 e. The molecule has 102 valence electrons. The van der Waals surface area contributed by atoms with E-state index in [-0.39, 0.29) is 17.3 Å². The van der Waals surface area contributed by atoms with Crippen LogP contribution >= 0.6 is 27.5 Å². The molecule has 0 saturated carbocycles. The molecule has 1 aliphatic carbocycles. The van der Waals surface area contributed by atoms with Gasteiger partial charge in [0.2, 0.25) is 0 Å². The maximum atomic E-state index is 12.4. The van der Waals surface area contributed by atoms with E-state index in [1.54, 1.807) is 6.07 Å². The average molecular weight is 351 g/mol. The number of rotatable bonds is 2. The first-order valence-corrected chi connectivity index (χ1v) is 7.67. The highest BCUT2D eigenvalue weighted by Crippen LogP contribution is 2.35. The van der Waals surface area contributed by atoms with Crippen molar-refractivity contribution in [2.24, 2.45) is 0 Å². The molecule has 2 aromatic rings. The fourth-order valence-electron chi connectivity index (χ4n) is 2.58. The van der Waals surface area contributed by atoms with Crippen molar-refractivity contribution >= 4 is 33.4 Å². The standard InChI is InChI=1S/C16H13BrClNO/c17-13-8-4-3-7-12(13)16(20)19-15-11-6-2-1-5-10(11)9-14(15)18/h1-8,14-15H,9H2,(H,19,20). The maximum absolute atomic E-state index is 12.4. The molecule has 2 aromatic carbocycles. The minimum atomic E-state index is -0.132. The Hall–Kier alpha value is -1.32. The molecule has 2 unspecified atom stereocenters. The number of benzene rings is 2. The second-order valence-corrected chi connectivity index (χ2v) is 6.26. The fraction of sp³-hybridized carbons (Fsp3) is 0.188. The van der Waals surface area contributed by atoms with Crippen molar-refractivity contribution in [3.8, 4) is 0 Å². The van der Waals surface area contributed by atoms with Crippen molar-refractivity contribution in [1.29, 1.82) is 0 Å². The third kappa shape index (κ3) is 2.48. The second-order valence-electron chi connectivity index (χ2n) is 4.85. The summed E-state index contributed by atoms with van der Waals surface area (Å²) in [5, 5.41) is 2.94. The van der Waals surface area contributed by atoms with Gasteiger partial charge in [-0.1, -0.05) is 36.4 Å². The van der Waals surface area contributed by atoms with Crippen LogP contribution in [-0.2, 0) is 6.42 Å². The number of carbonyl (C=O) groups excluding carboxylic acids is 1. The quantitative estimate of drug-likeness (QED) is 0.812. The van der Waals surface area contributed by atoms with E-state index in [9.17, 15) is 4.79 Å². The van der Waals surface area contributed by atoms with Crippen LogP contribution in [0.5, 0.6) is 0 Å². The third-order valence-electron chi connectivity index (χ3n) is 3.57. The summed E-state index contributed by atoms with van der Waals surface area (Å²) in [7, 11) is 0. The lowest BCUT2D eigenvalue weighted by molar-refractivity contribution is 0.0936. The van der Waals surface area contributed by atoms with Gasteiger partial charge in [0.1, 0.15) is 0 Å². The number of alkyl halides is 1. The van der Waals surface area contributed by atoms with E-state index in [4.69, 9.17) is 11.6 Å². The molecule has 0 aliphatic heterocycles. The normalized spacial score (nSPS) is 20.5. The summed E-state index contributed by atoms with van der Waals surface area (Å²) < 4.78 is 0.787. The molecule has 2 nitrogen and oxygen atoms in total. The average Bonchev–Trinajstić information content (AvgIpc) is 2.76. The lowest BCUT2D eigenvalue weighted by Gasteiger charge is -2.18. The zero-order chi connectivity index (χ0) is 14.1. The van der Waals surface area contributed by atoms with Crippen LogP contribution in [0, 0.1) is 0 Å². The van der Waals surface area contributed by atoms with Crippen molar-refractivity contribution in [3.05, 3.63) is 69.7 Å². The molecule has 0 aromatic heterocycles. The van der Waals surface area contributed by atoms with Crippen LogP contribution in [0.1, 0.15) is 27.5 Å². The predicted octanol–water partition coefficient (Wildman–Crippen LogP) is 4.08. The van der Waals surface area contributed by atoms with Crippen LogP contribution in [0.2, 0.25) is 0 Å². The molecule has 20 heavy (non-hydrogen) atoms. The van der Waals surface area contributed by atoms with Gasteiger partial charge in [-0.05, 0) is 45.6 Å². The Balaban J connectivity index is 1.85. The molecule has 2 atom stereocenters. The van der Waals surface area contributed by atoms with E-state index in [2.05, 4.69) is 27.3 Å². The molecule has 0 radical (unpaired) electrons. The molecule has 0 heterocycles. The van der Waals surface area contributed by atoms with Crippen LogP contribution in [0.15, 0.2) is 53.0 Å². The Morgan fingerprint density at radius 2 is 1.85 bits per heavy atom. The van der Waals surface area contributed by atoms with E-state index in [0.717, 1.165) is 16.5 Å². The Kier molecular flexibility index (Phi) is 3.81. The highest BCUT2D eigenvalue weighted by atomic mass is 79.9. The molecule has 3 rings (SSSR count). The van der Waals surface area contributed by atoms with Crippen molar-refractivity contribution in [2.75, 3.05) is 0 Å². The van der Waals surface area contributed by atoms with Gasteiger partial charge in [0.15, 0.2) is 0 Å². The summed E-state index contributed by atoms with van der Waals surface area (Å²) in [6.07, 6.45) is 0.790. The van der Waals surface area contributed by atoms with Crippen LogP contribution in [0.3, 0.4) is 0 Å². The molecule has 0 spiro atoms. The van der Waals surface area contributed by atoms with Gasteiger partial charge < -0.3 is 5.32 Å². The van der Waals surface area contributed by atoms with Gasteiger partial charge >= 0.3 is 0 Å². The molecule has 1 aliphatic rings. The number of amides is 1. The van der Waals surface area contributed by atoms with Gasteiger partial charge in [0, 0.05) is 4.47 Å². The number of hydrogen-bond donors (Lipinski definition) is 1. The summed E-state index contributed by atoms with van der Waals surface area (Å²) >= 11 is 9.79. The Bertz CT molecular complexity index is 658. The number of nitrogens with one attached hydrogen (secondary N) is 1. The van der Waals surface area contributed by atoms with Gasteiger partial charge in [-0.2, -0.15) is 0 Å². The number of halogens is 2. The van der Waals surface area contributed by atoms with Crippen molar-refractivity contribution in [3.63, 3.8) is 0 Å². The van der Waals surface area contributed by atoms with E-state index >= 15 is 0 Å². The van der Waals surface area contributed by atoms with E-state index in [1.807, 2.05) is 36.4 Å². The maximum Gasteiger partial charge on any atom is 0.252 e. The van der Waals surface area contributed by atoms with Gasteiger partial charge in [0.25, 0.3) is 5.91 Å². The molecule has 4 heteroatoms. The van der Waals surface area contributed by atoms with Gasteiger partial charge in [-0.15, -0.1) is 11.6 Å². The van der Waals surface area contributed by atoms with Crippen molar-refractivity contribution in [2.45, 2.75) is 17.8 Å². The molecular formula is C16H13BrClNO. The Labute approximate surface area is 131 Å². The lowest BCUT2D eigenvalue weighted by Crippen LogP contribution is -2.32. The molecule has 1 N–H and O–H groups in total. The number of carbonyl (C=O) groups is 1. The zero-order valence-corrected chi connectivity index (χ0v) is 13.0. The highest BCUT2D eigenvalue weighted by molar-refractivity contribution is 9.10. The SMILES string of the molecule is O=C(NC1c2ccccc2CC1Cl)c1ccccc1Br. The molecule has 0 saturated heterocycles. The van der Waals surface area contributed by atoms with E-state index in [1.165, 1.54) is 5.56 Å². The van der Waals surface area contributed by atoms with E-state index in [0.29, 0.717) is 5.56 Å². The highest BCUT2D eigenvalue weighted by Gasteiger charge is 2.32. The minimum absolute atomic E-state index is 0.0983. The van der Waals surface area contributed by atoms with E-state index < -0.39 is 0 Å². The number of hydrogen-bond acceptors (Lipinski definition) is 1. The van der Waals surface area contributed by atoms with Gasteiger partial charge in [0.05, 0.1) is 17.0 Å². The third-order valence-corrected chi connectivity index (χ3v) is 4.67. The monoisotopic (exact) mass is 349 g/mol. The summed E-state index contributed by atoms with van der Waals surface area (Å²) in [4.78, 5) is 12.4. The largest absolute Gasteiger partial charge is 0.344 e.